The quantitative estimate of drug-likeness (QED) is 0.503. The van der Waals surface area contributed by atoms with Crippen LogP contribution in [-0.4, -0.2) is 51.7 Å². The van der Waals surface area contributed by atoms with Gasteiger partial charge in [-0.2, -0.15) is 0 Å². The summed E-state index contributed by atoms with van der Waals surface area (Å²) < 4.78 is 0. The third-order valence-electron chi connectivity index (χ3n) is 1.58. The van der Waals surface area contributed by atoms with Gasteiger partial charge in [0.15, 0.2) is 0 Å². The van der Waals surface area contributed by atoms with Crippen molar-refractivity contribution < 1.29 is 0 Å². The van der Waals surface area contributed by atoms with Crippen LogP contribution in [0.5, 0.6) is 0 Å². The number of aliphatic imine (C=N–C) groups is 2. The summed E-state index contributed by atoms with van der Waals surface area (Å²) in [5.74, 6) is 0. The summed E-state index contributed by atoms with van der Waals surface area (Å²) >= 11 is 0. The predicted molar refractivity (Wildman–Crippen MR) is 52.5 cm³/mol. The van der Waals surface area contributed by atoms with Crippen molar-refractivity contribution in [2.24, 2.45) is 9.98 Å². The summed E-state index contributed by atoms with van der Waals surface area (Å²) in [6.07, 6.45) is 3.76. The highest BCUT2D eigenvalue weighted by Gasteiger charge is 1.86. The molecule has 0 atom stereocenters. The third kappa shape index (κ3) is 4.98. The minimum Gasteiger partial charge on any atom is -0.314 e. The smallest absolute Gasteiger partial charge is 0.0734 e. The van der Waals surface area contributed by atoms with Gasteiger partial charge < -0.3 is 10.6 Å². The second kappa shape index (κ2) is 6.94. The monoisotopic (exact) mass is 168 g/mol. The fraction of sp³-hybridized carbons (Fsp3) is 0.750. The van der Waals surface area contributed by atoms with Gasteiger partial charge in [-0.3, -0.25) is 9.98 Å². The maximum atomic E-state index is 4.18. The highest BCUT2D eigenvalue weighted by Crippen LogP contribution is 1.70. The van der Waals surface area contributed by atoms with E-state index in [0.717, 1.165) is 32.7 Å². The summed E-state index contributed by atoms with van der Waals surface area (Å²) in [6, 6.07) is 0. The molecule has 0 saturated heterocycles. The van der Waals surface area contributed by atoms with E-state index in [1.807, 2.05) is 12.4 Å². The zero-order valence-corrected chi connectivity index (χ0v) is 7.29. The normalized spacial score (nSPS) is 21.3. The zero-order chi connectivity index (χ0) is 8.49. The van der Waals surface area contributed by atoms with Crippen LogP contribution < -0.4 is 10.6 Å². The molecule has 0 unspecified atom stereocenters. The predicted octanol–water partition coefficient (Wildman–Crippen LogP) is -0.679. The van der Waals surface area contributed by atoms with Gasteiger partial charge in [-0.15, -0.1) is 0 Å². The Hall–Kier alpha value is -0.740. The van der Waals surface area contributed by atoms with Gasteiger partial charge in [0.1, 0.15) is 0 Å². The molecule has 12 heavy (non-hydrogen) atoms. The largest absolute Gasteiger partial charge is 0.314 e. The van der Waals surface area contributed by atoms with E-state index in [4.69, 9.17) is 0 Å². The SMILES string of the molecule is C1=NCC=NCCNCCNC1. The molecule has 0 bridgehead atoms. The van der Waals surface area contributed by atoms with Crippen LogP contribution in [0.2, 0.25) is 0 Å². The van der Waals surface area contributed by atoms with Crippen molar-refractivity contribution in [3.05, 3.63) is 0 Å². The van der Waals surface area contributed by atoms with Crippen molar-refractivity contribution in [3.8, 4) is 0 Å². The maximum Gasteiger partial charge on any atom is 0.0734 e. The Bertz CT molecular complexity index is 137. The molecule has 0 aromatic carbocycles. The van der Waals surface area contributed by atoms with E-state index in [0.29, 0.717) is 6.54 Å². The first-order chi connectivity index (χ1) is 6.00. The molecule has 4 nitrogen and oxygen atoms in total. The summed E-state index contributed by atoms with van der Waals surface area (Å²) in [4.78, 5) is 8.33. The van der Waals surface area contributed by atoms with E-state index < -0.39 is 0 Å². The third-order valence-corrected chi connectivity index (χ3v) is 1.58. The fourth-order valence-corrected chi connectivity index (χ4v) is 0.947. The van der Waals surface area contributed by atoms with Crippen LogP contribution in [-0.2, 0) is 0 Å². The van der Waals surface area contributed by atoms with Crippen LogP contribution in [0.1, 0.15) is 0 Å². The molecule has 0 aliphatic carbocycles. The minimum atomic E-state index is 0.710. The van der Waals surface area contributed by atoms with Gasteiger partial charge in [0.05, 0.1) is 13.1 Å². The number of hydrogen-bond acceptors (Lipinski definition) is 4. The molecule has 0 saturated carbocycles. The zero-order valence-electron chi connectivity index (χ0n) is 7.29. The highest BCUT2D eigenvalue weighted by molar-refractivity contribution is 5.66. The van der Waals surface area contributed by atoms with E-state index in [1.165, 1.54) is 0 Å². The molecular formula is C8H16N4. The number of nitrogens with one attached hydrogen (secondary N) is 2. The highest BCUT2D eigenvalue weighted by atomic mass is 15.0. The second-order valence-corrected chi connectivity index (χ2v) is 2.59. The Kier molecular flexibility index (Phi) is 5.41. The molecule has 0 aromatic heterocycles. The number of hydrogen-bond donors (Lipinski definition) is 2. The molecular weight excluding hydrogens is 152 g/mol. The summed E-state index contributed by atoms with van der Waals surface area (Å²) in [6.45, 7) is 5.38. The van der Waals surface area contributed by atoms with Crippen molar-refractivity contribution in [2.45, 2.75) is 0 Å². The Morgan fingerprint density at radius 1 is 0.917 bits per heavy atom. The standard InChI is InChI=1S/C8H16N4/c1-2-10-5-6-12-8-7-11-4-3-9-1/h1,4,10,12H,2-3,5-8H2. The Morgan fingerprint density at radius 2 is 1.83 bits per heavy atom. The van der Waals surface area contributed by atoms with Crippen molar-refractivity contribution in [1.82, 2.24) is 10.6 Å². The molecule has 0 spiro atoms. The molecule has 1 heterocycles. The Balaban J connectivity index is 2.20. The van der Waals surface area contributed by atoms with Crippen LogP contribution in [0.15, 0.2) is 9.98 Å². The fourth-order valence-electron chi connectivity index (χ4n) is 0.947. The van der Waals surface area contributed by atoms with Gasteiger partial charge in [-0.1, -0.05) is 0 Å². The van der Waals surface area contributed by atoms with Crippen LogP contribution in [0.3, 0.4) is 0 Å². The summed E-state index contributed by atoms with van der Waals surface area (Å²) in [5, 5.41) is 6.53. The van der Waals surface area contributed by atoms with Crippen molar-refractivity contribution >= 4 is 12.4 Å². The summed E-state index contributed by atoms with van der Waals surface area (Å²) in [7, 11) is 0. The lowest BCUT2D eigenvalue weighted by molar-refractivity contribution is 0.645. The van der Waals surface area contributed by atoms with E-state index >= 15 is 0 Å². The van der Waals surface area contributed by atoms with E-state index in [9.17, 15) is 0 Å². The minimum absolute atomic E-state index is 0.710. The molecule has 0 radical (unpaired) electrons. The Labute approximate surface area is 73.2 Å². The van der Waals surface area contributed by atoms with Crippen LogP contribution in [0.4, 0.5) is 0 Å². The Morgan fingerprint density at radius 3 is 2.83 bits per heavy atom. The van der Waals surface area contributed by atoms with Gasteiger partial charge >= 0.3 is 0 Å². The van der Waals surface area contributed by atoms with Crippen LogP contribution in [0.25, 0.3) is 0 Å². The van der Waals surface area contributed by atoms with Crippen molar-refractivity contribution in [1.29, 1.82) is 0 Å². The number of rotatable bonds is 0. The summed E-state index contributed by atoms with van der Waals surface area (Å²) in [5.41, 5.74) is 0. The molecule has 0 fully saturated rings. The first kappa shape index (κ1) is 9.35. The second-order valence-electron chi connectivity index (χ2n) is 2.59. The molecule has 0 amide bonds. The topological polar surface area (TPSA) is 48.8 Å². The van der Waals surface area contributed by atoms with Gasteiger partial charge in [0, 0.05) is 38.6 Å². The van der Waals surface area contributed by atoms with Gasteiger partial charge in [-0.25, -0.2) is 0 Å². The molecule has 1 aliphatic heterocycles. The van der Waals surface area contributed by atoms with Gasteiger partial charge in [-0.05, 0) is 0 Å². The van der Waals surface area contributed by atoms with E-state index in [2.05, 4.69) is 20.6 Å². The van der Waals surface area contributed by atoms with Crippen molar-refractivity contribution in [2.75, 3.05) is 39.3 Å². The maximum absolute atomic E-state index is 4.18. The lowest BCUT2D eigenvalue weighted by Crippen LogP contribution is -2.30. The van der Waals surface area contributed by atoms with E-state index in [-0.39, 0.29) is 0 Å². The molecule has 68 valence electrons. The van der Waals surface area contributed by atoms with Crippen molar-refractivity contribution in [3.63, 3.8) is 0 Å². The lowest BCUT2D eigenvalue weighted by Gasteiger charge is -2.03. The number of nitrogens with zero attached hydrogens (tertiary/aromatic N) is 2. The molecule has 1 rings (SSSR count). The van der Waals surface area contributed by atoms with Crippen LogP contribution >= 0.6 is 0 Å². The van der Waals surface area contributed by atoms with E-state index in [1.54, 1.807) is 0 Å². The first-order valence-electron chi connectivity index (χ1n) is 4.38. The average Bonchev–Trinajstić information content (AvgIpc) is 2.05. The first-order valence-corrected chi connectivity index (χ1v) is 4.38. The average molecular weight is 168 g/mol. The molecule has 1 aliphatic rings. The van der Waals surface area contributed by atoms with Crippen LogP contribution in [0, 0.1) is 0 Å². The molecule has 0 aromatic rings. The molecule has 2 N–H and O–H groups in total. The lowest BCUT2D eigenvalue weighted by atomic mass is 10.5. The van der Waals surface area contributed by atoms with Gasteiger partial charge in [0.25, 0.3) is 0 Å². The van der Waals surface area contributed by atoms with Gasteiger partial charge in [0.2, 0.25) is 0 Å². The molecule has 4 heteroatoms.